The Kier molecular flexibility index (Phi) is 6.99. The zero-order chi connectivity index (χ0) is 21.3. The number of methoxy groups -OCH3 is 2. The van der Waals surface area contributed by atoms with Gasteiger partial charge in [-0.1, -0.05) is 34.8 Å². The maximum absolute atomic E-state index is 12.8. The third-order valence-electron chi connectivity index (χ3n) is 3.89. The van der Waals surface area contributed by atoms with Gasteiger partial charge >= 0.3 is 0 Å². The number of carbonyl (C=O) groups excluding carboxylic acids is 1. The number of nitrogens with one attached hydrogen (secondary N) is 2. The summed E-state index contributed by atoms with van der Waals surface area (Å²) in [6, 6.07) is 1.81. The maximum Gasteiger partial charge on any atom is 0.272 e. The number of alkyl halides is 3. The molecule has 0 radical (unpaired) electrons. The Balaban J connectivity index is 2.34. The Labute approximate surface area is 177 Å². The van der Waals surface area contributed by atoms with E-state index in [0.29, 0.717) is 0 Å². The summed E-state index contributed by atoms with van der Waals surface area (Å²) in [5, 5.41) is 2.25. The molecule has 1 aliphatic rings. The van der Waals surface area contributed by atoms with Crippen LogP contribution in [0.2, 0.25) is 0 Å². The first kappa shape index (κ1) is 23.3. The monoisotopic (exact) mass is 494 g/mol. The lowest BCUT2D eigenvalue weighted by molar-refractivity contribution is -0.120. The van der Waals surface area contributed by atoms with Crippen molar-refractivity contribution in [3.8, 4) is 11.5 Å². The third-order valence-corrected chi connectivity index (χ3v) is 7.65. The van der Waals surface area contributed by atoms with Crippen LogP contribution in [0.25, 0.3) is 0 Å². The van der Waals surface area contributed by atoms with Crippen molar-refractivity contribution < 1.29 is 31.1 Å². The second-order valence-electron chi connectivity index (χ2n) is 5.90. The molecule has 0 spiro atoms. The molecule has 0 bridgehead atoms. The van der Waals surface area contributed by atoms with Gasteiger partial charge < -0.3 is 14.8 Å². The number of ether oxygens (including phenoxy) is 2. The van der Waals surface area contributed by atoms with Gasteiger partial charge in [0, 0.05) is 6.07 Å². The van der Waals surface area contributed by atoms with E-state index in [1.165, 1.54) is 32.4 Å². The minimum atomic E-state index is -4.24. The summed E-state index contributed by atoms with van der Waals surface area (Å²) in [6.07, 6.45) is 0. The molecule has 1 aromatic rings. The van der Waals surface area contributed by atoms with Crippen molar-refractivity contribution in [2.24, 2.45) is 0 Å². The molecule has 28 heavy (non-hydrogen) atoms. The molecule has 1 saturated heterocycles. The van der Waals surface area contributed by atoms with Gasteiger partial charge in [0.25, 0.3) is 9.70 Å². The van der Waals surface area contributed by atoms with E-state index in [-0.39, 0.29) is 16.4 Å². The van der Waals surface area contributed by atoms with Gasteiger partial charge in [0.1, 0.15) is 16.4 Å². The molecule has 0 saturated carbocycles. The highest BCUT2D eigenvalue weighted by Gasteiger charge is 2.43. The van der Waals surface area contributed by atoms with Crippen LogP contribution in [-0.2, 0) is 24.7 Å². The molecular weight excluding hydrogens is 479 g/mol. The summed E-state index contributed by atoms with van der Waals surface area (Å²) in [7, 11) is -5.25. The second-order valence-corrected chi connectivity index (χ2v) is 12.0. The van der Waals surface area contributed by atoms with Crippen molar-refractivity contribution in [3.05, 3.63) is 18.2 Å². The van der Waals surface area contributed by atoms with Crippen molar-refractivity contribution in [2.75, 3.05) is 25.7 Å². The first-order chi connectivity index (χ1) is 12.8. The van der Waals surface area contributed by atoms with Crippen molar-refractivity contribution >= 4 is 60.6 Å². The van der Waals surface area contributed by atoms with E-state index < -0.39 is 53.1 Å². The highest BCUT2D eigenvalue weighted by atomic mass is 35.6. The Morgan fingerprint density at radius 2 is 1.75 bits per heavy atom. The zero-order valence-electron chi connectivity index (χ0n) is 14.6. The van der Waals surface area contributed by atoms with Crippen LogP contribution in [0.4, 0.5) is 0 Å². The van der Waals surface area contributed by atoms with Crippen molar-refractivity contribution in [1.82, 2.24) is 10.0 Å². The van der Waals surface area contributed by atoms with Gasteiger partial charge in [-0.25, -0.2) is 21.6 Å². The van der Waals surface area contributed by atoms with Crippen LogP contribution in [0.15, 0.2) is 23.1 Å². The SMILES string of the molecule is COc1ccc(OC)c(S(=O)(=O)N[C@@H]2CS(=O)(=O)C[C@H]2NC(=O)C(Cl)(Cl)Cl)c1. The maximum atomic E-state index is 12.8. The first-order valence-electron chi connectivity index (χ1n) is 7.61. The molecule has 14 heteroatoms. The van der Waals surface area contributed by atoms with Gasteiger partial charge in [-0.05, 0) is 12.1 Å². The molecule has 1 amide bonds. The van der Waals surface area contributed by atoms with Crippen molar-refractivity contribution in [2.45, 2.75) is 20.8 Å². The number of hydrogen-bond donors (Lipinski definition) is 2. The van der Waals surface area contributed by atoms with Crippen LogP contribution in [0.1, 0.15) is 0 Å². The van der Waals surface area contributed by atoms with E-state index in [1.807, 2.05) is 0 Å². The smallest absolute Gasteiger partial charge is 0.272 e. The summed E-state index contributed by atoms with van der Waals surface area (Å²) in [5.74, 6) is -1.84. The van der Waals surface area contributed by atoms with E-state index in [9.17, 15) is 21.6 Å². The number of sulfone groups is 1. The molecule has 0 aliphatic carbocycles. The lowest BCUT2D eigenvalue weighted by Gasteiger charge is -2.23. The van der Waals surface area contributed by atoms with Gasteiger partial charge in [0.05, 0.1) is 37.8 Å². The first-order valence-corrected chi connectivity index (χ1v) is 12.1. The number of halogens is 3. The van der Waals surface area contributed by atoms with Crippen LogP contribution in [0.5, 0.6) is 11.5 Å². The molecule has 0 unspecified atom stereocenters. The number of benzene rings is 1. The summed E-state index contributed by atoms with van der Waals surface area (Å²) in [6.45, 7) is 0. The average molecular weight is 496 g/mol. The summed E-state index contributed by atoms with van der Waals surface area (Å²) in [4.78, 5) is 11.6. The number of carbonyl (C=O) groups is 1. The molecule has 2 N–H and O–H groups in total. The lowest BCUT2D eigenvalue weighted by atomic mass is 10.2. The molecule has 2 atom stereocenters. The third kappa shape index (κ3) is 5.55. The summed E-state index contributed by atoms with van der Waals surface area (Å²) < 4.78 is 59.7. The topological polar surface area (TPSA) is 128 Å². The Morgan fingerprint density at radius 3 is 2.29 bits per heavy atom. The molecule has 1 aromatic carbocycles. The average Bonchev–Trinajstić information content (AvgIpc) is 2.85. The molecule has 9 nitrogen and oxygen atoms in total. The van der Waals surface area contributed by atoms with E-state index in [1.54, 1.807) is 0 Å². The normalized spacial score (nSPS) is 21.9. The van der Waals surface area contributed by atoms with Gasteiger partial charge in [-0.3, -0.25) is 4.79 Å². The Bertz CT molecular complexity index is 962. The van der Waals surface area contributed by atoms with Crippen LogP contribution in [-0.4, -0.2) is 64.3 Å². The zero-order valence-corrected chi connectivity index (χ0v) is 18.5. The van der Waals surface area contributed by atoms with Crippen LogP contribution < -0.4 is 19.5 Å². The standard InChI is InChI=1S/C14H17Cl3N2O7S2/c1-25-8-3-4-11(26-2)12(5-8)28(23,24)19-10-7-27(21,22)6-9(10)18-13(20)14(15,16)17/h3-5,9-10,19H,6-7H2,1-2H3,(H,18,20)/t9-,10-/m1/s1. The minimum Gasteiger partial charge on any atom is -0.497 e. The lowest BCUT2D eigenvalue weighted by Crippen LogP contribution is -2.53. The summed E-state index contributed by atoms with van der Waals surface area (Å²) in [5.41, 5.74) is 0. The van der Waals surface area contributed by atoms with Crippen molar-refractivity contribution in [1.29, 1.82) is 0 Å². The number of rotatable bonds is 6. The van der Waals surface area contributed by atoms with Gasteiger partial charge in [-0.2, -0.15) is 0 Å². The predicted molar refractivity (Wildman–Crippen MR) is 105 cm³/mol. The number of amides is 1. The molecule has 1 aliphatic heterocycles. The van der Waals surface area contributed by atoms with E-state index in [0.717, 1.165) is 0 Å². The highest BCUT2D eigenvalue weighted by molar-refractivity contribution is 7.92. The van der Waals surface area contributed by atoms with Crippen LogP contribution >= 0.6 is 34.8 Å². The van der Waals surface area contributed by atoms with Gasteiger partial charge in [0.2, 0.25) is 10.0 Å². The largest absolute Gasteiger partial charge is 0.497 e. The highest BCUT2D eigenvalue weighted by Crippen LogP contribution is 2.30. The molecule has 2 rings (SSSR count). The molecule has 1 heterocycles. The fraction of sp³-hybridized carbons (Fsp3) is 0.500. The molecule has 0 aromatic heterocycles. The number of sulfonamides is 1. The fourth-order valence-electron chi connectivity index (χ4n) is 2.61. The van der Waals surface area contributed by atoms with Gasteiger partial charge in [0.15, 0.2) is 9.84 Å². The van der Waals surface area contributed by atoms with Crippen LogP contribution in [0.3, 0.4) is 0 Å². The van der Waals surface area contributed by atoms with E-state index >= 15 is 0 Å². The summed E-state index contributed by atoms with van der Waals surface area (Å²) >= 11 is 16.4. The van der Waals surface area contributed by atoms with Crippen molar-refractivity contribution in [3.63, 3.8) is 0 Å². The Morgan fingerprint density at radius 1 is 1.14 bits per heavy atom. The van der Waals surface area contributed by atoms with E-state index in [2.05, 4.69) is 10.0 Å². The minimum absolute atomic E-state index is 0.0241. The quantitative estimate of drug-likeness (QED) is 0.554. The second kappa shape index (κ2) is 8.41. The van der Waals surface area contributed by atoms with E-state index in [4.69, 9.17) is 44.3 Å². The number of hydrogen-bond acceptors (Lipinski definition) is 7. The molecule has 1 fully saturated rings. The fourth-order valence-corrected chi connectivity index (χ4v) is 6.20. The van der Waals surface area contributed by atoms with Crippen LogP contribution in [0, 0.1) is 0 Å². The Hall–Kier alpha value is -0.980. The molecular formula is C14H17Cl3N2O7S2. The molecule has 158 valence electrons. The van der Waals surface area contributed by atoms with Gasteiger partial charge in [-0.15, -0.1) is 0 Å². The predicted octanol–water partition coefficient (Wildman–Crippen LogP) is 0.634.